The van der Waals surface area contributed by atoms with Crippen molar-refractivity contribution in [3.05, 3.63) is 125 Å². The number of urea groups is 2. The van der Waals surface area contributed by atoms with Crippen LogP contribution in [0.4, 0.5) is 21.0 Å². The van der Waals surface area contributed by atoms with Crippen LogP contribution in [-0.2, 0) is 22.7 Å². The van der Waals surface area contributed by atoms with Gasteiger partial charge in [0.1, 0.15) is 0 Å². The molecule has 2 heterocycles. The summed E-state index contributed by atoms with van der Waals surface area (Å²) in [6, 6.07) is 24.9. The van der Waals surface area contributed by atoms with Gasteiger partial charge in [0.25, 0.3) is 0 Å². The average molecular weight is 978 g/mol. The zero-order valence-electron chi connectivity index (χ0n) is 28.9. The van der Waals surface area contributed by atoms with E-state index in [2.05, 4.69) is 31.9 Å². The molecule has 2 unspecified atom stereocenters. The summed E-state index contributed by atoms with van der Waals surface area (Å²) < 4.78 is 1.83. The molecule has 0 bridgehead atoms. The van der Waals surface area contributed by atoms with Crippen molar-refractivity contribution < 1.29 is 24.4 Å². The van der Waals surface area contributed by atoms with E-state index >= 15 is 0 Å². The molecule has 0 radical (unpaired) electrons. The molecule has 0 aliphatic carbocycles. The van der Waals surface area contributed by atoms with Gasteiger partial charge in [-0.15, -0.1) is 0 Å². The third-order valence-corrected chi connectivity index (χ3v) is 11.3. The van der Waals surface area contributed by atoms with E-state index in [4.69, 9.17) is 63.2 Å². The van der Waals surface area contributed by atoms with Crippen LogP contribution in [0.2, 0.25) is 20.1 Å². The fourth-order valence-corrected chi connectivity index (χ4v) is 8.03. The summed E-state index contributed by atoms with van der Waals surface area (Å²) in [5.74, 6) is -0.707. The van der Waals surface area contributed by atoms with Crippen molar-refractivity contribution in [3.8, 4) is 0 Å². The number of hydroxylamine groups is 1. The normalized spacial score (nSPS) is 17.2. The van der Waals surface area contributed by atoms with Gasteiger partial charge >= 0.3 is 12.1 Å². The average Bonchev–Trinajstić information content (AvgIpc) is 3.14. The Labute approximate surface area is 360 Å². The van der Waals surface area contributed by atoms with E-state index in [1.54, 1.807) is 61.5 Å². The molecule has 17 heteroatoms. The van der Waals surface area contributed by atoms with Gasteiger partial charge in [0.15, 0.2) is 0 Å². The van der Waals surface area contributed by atoms with Gasteiger partial charge in [-0.25, -0.2) is 15.1 Å². The minimum absolute atomic E-state index is 0.0672. The van der Waals surface area contributed by atoms with Gasteiger partial charge in [-0.05, 0) is 95.5 Å². The molecule has 0 spiro atoms. The zero-order valence-corrected chi connectivity index (χ0v) is 35.9. The number of hydrogen-bond acceptors (Lipinski definition) is 5. The van der Waals surface area contributed by atoms with Gasteiger partial charge in [-0.1, -0.05) is 90.4 Å². The fraction of sp³-hybridized carbons (Fsp3) is 0.263. The number of carbonyl (C=O) groups is 4. The highest BCUT2D eigenvalue weighted by Gasteiger charge is 2.35. The Morgan fingerprint density at radius 1 is 0.636 bits per heavy atom. The molecule has 0 saturated carbocycles. The second-order valence-corrected chi connectivity index (χ2v) is 16.9. The van der Waals surface area contributed by atoms with Crippen LogP contribution in [-0.4, -0.2) is 64.4 Å². The second-order valence-electron chi connectivity index (χ2n) is 13.0. The molecule has 290 valence electrons. The monoisotopic (exact) mass is 973 g/mol. The molecule has 2 aliphatic heterocycles. The molecule has 4 aromatic carbocycles. The summed E-state index contributed by atoms with van der Waals surface area (Å²) in [5, 5.41) is 10.5. The van der Waals surface area contributed by atoms with Gasteiger partial charge in [0, 0.05) is 104 Å². The van der Waals surface area contributed by atoms with Crippen LogP contribution >= 0.6 is 89.9 Å². The lowest BCUT2D eigenvalue weighted by molar-refractivity contribution is -0.130. The summed E-state index contributed by atoms with van der Waals surface area (Å²) in [6.45, 7) is 2.23. The Balaban J connectivity index is 0.000000211. The Bertz CT molecular complexity index is 2030. The molecule has 2 saturated heterocycles. The maximum Gasteiger partial charge on any atom is 0.324 e. The van der Waals surface area contributed by atoms with Crippen LogP contribution in [0.5, 0.6) is 0 Å². The SMILES string of the molecule is O=C(CC1CN(Cc2ccc(Cl)cc2Cl)C(=O)N(c2ccc(Br)cc2)C1)NO.O=C(Cl)CC1CN(Cc2ccc(Cl)cc2Cl)C(=O)N(c2ccc(Br)cc2)C1. The standard InChI is InChI=1S/C19H16BrCl3N2O2.C19H18BrCl2N3O3/c20-14-2-5-16(6-3-14)25-10-12(7-18(23)26)9-24(19(25)27)11-13-1-4-15(21)8-17(13)22;20-14-2-5-16(6-3-14)25-10-12(7-18(26)23-28)9-24(19(25)27)11-13-1-4-15(21)8-17(13)22/h1-6,8,12H,7,9-11H2;1-6,8,12,28H,7,9-11H2,(H,23,26). The number of benzene rings is 4. The number of amides is 5. The molecule has 2 N–H and O–H groups in total. The largest absolute Gasteiger partial charge is 0.324 e. The third kappa shape index (κ3) is 12.0. The lowest BCUT2D eigenvalue weighted by atomic mass is 10.00. The molecule has 2 fully saturated rings. The van der Waals surface area contributed by atoms with Gasteiger partial charge in [0.05, 0.1) is 0 Å². The number of carbonyl (C=O) groups excluding carboxylic acids is 4. The third-order valence-electron chi connectivity index (χ3n) is 8.92. The van der Waals surface area contributed by atoms with Gasteiger partial charge in [0.2, 0.25) is 11.1 Å². The topological polar surface area (TPSA) is 114 Å². The summed E-state index contributed by atoms with van der Waals surface area (Å²) in [5.41, 5.74) is 4.72. The molecule has 2 aliphatic rings. The van der Waals surface area contributed by atoms with E-state index < -0.39 is 11.1 Å². The highest BCUT2D eigenvalue weighted by Crippen LogP contribution is 2.31. The van der Waals surface area contributed by atoms with E-state index in [1.165, 1.54) is 0 Å². The van der Waals surface area contributed by atoms with E-state index in [9.17, 15) is 19.2 Å². The highest BCUT2D eigenvalue weighted by molar-refractivity contribution is 9.10. The Morgan fingerprint density at radius 3 is 1.40 bits per heavy atom. The number of hydrogen-bond donors (Lipinski definition) is 2. The Kier molecular flexibility index (Phi) is 15.6. The predicted octanol–water partition coefficient (Wildman–Crippen LogP) is 10.7. The van der Waals surface area contributed by atoms with Gasteiger partial charge in [-0.3, -0.25) is 24.6 Å². The summed E-state index contributed by atoms with van der Waals surface area (Å²) in [6.07, 6.45) is 0.300. The Morgan fingerprint density at radius 2 is 1.04 bits per heavy atom. The summed E-state index contributed by atoms with van der Waals surface area (Å²) >= 11 is 36.9. The number of halogens is 7. The lowest BCUT2D eigenvalue weighted by Crippen LogP contribution is -2.54. The maximum absolute atomic E-state index is 13.1. The molecular formula is C38H34Br2Cl5N5O5. The fourth-order valence-electron chi connectivity index (χ4n) is 6.35. The van der Waals surface area contributed by atoms with Crippen molar-refractivity contribution in [1.82, 2.24) is 15.3 Å². The second kappa shape index (κ2) is 19.9. The first-order valence-electron chi connectivity index (χ1n) is 16.8. The summed E-state index contributed by atoms with van der Waals surface area (Å²) in [4.78, 5) is 56.0. The van der Waals surface area contributed by atoms with E-state index in [1.807, 2.05) is 48.5 Å². The summed E-state index contributed by atoms with van der Waals surface area (Å²) in [7, 11) is 0. The van der Waals surface area contributed by atoms with Crippen LogP contribution in [0.15, 0.2) is 93.9 Å². The van der Waals surface area contributed by atoms with Crippen LogP contribution in [0.3, 0.4) is 0 Å². The number of anilines is 2. The molecule has 2 atom stereocenters. The van der Waals surface area contributed by atoms with Crippen molar-refractivity contribution in [2.45, 2.75) is 25.9 Å². The van der Waals surface area contributed by atoms with Crippen molar-refractivity contribution in [3.63, 3.8) is 0 Å². The zero-order chi connectivity index (χ0) is 39.8. The van der Waals surface area contributed by atoms with Crippen molar-refractivity contribution >= 4 is 124 Å². The van der Waals surface area contributed by atoms with Crippen LogP contribution in [0.1, 0.15) is 24.0 Å². The molecule has 0 aromatic heterocycles. The van der Waals surface area contributed by atoms with Gasteiger partial charge in [-0.2, -0.15) is 0 Å². The minimum atomic E-state index is -0.486. The lowest BCUT2D eigenvalue weighted by Gasteiger charge is -2.40. The quantitative estimate of drug-likeness (QED) is 0.0934. The first kappa shape index (κ1) is 43.1. The number of nitrogens with one attached hydrogen (secondary N) is 1. The van der Waals surface area contributed by atoms with E-state index in [-0.39, 0.29) is 36.7 Å². The van der Waals surface area contributed by atoms with Crippen molar-refractivity contribution in [2.75, 3.05) is 36.0 Å². The van der Waals surface area contributed by atoms with E-state index in [0.29, 0.717) is 59.4 Å². The van der Waals surface area contributed by atoms with Crippen LogP contribution in [0.25, 0.3) is 0 Å². The van der Waals surface area contributed by atoms with Gasteiger partial charge < -0.3 is 9.80 Å². The maximum atomic E-state index is 13.1. The molecule has 55 heavy (non-hydrogen) atoms. The molecule has 10 nitrogen and oxygen atoms in total. The molecule has 5 amide bonds. The van der Waals surface area contributed by atoms with E-state index in [0.717, 1.165) is 31.4 Å². The van der Waals surface area contributed by atoms with Crippen molar-refractivity contribution in [2.24, 2.45) is 11.8 Å². The van der Waals surface area contributed by atoms with Crippen molar-refractivity contribution in [1.29, 1.82) is 0 Å². The first-order valence-corrected chi connectivity index (χ1v) is 20.3. The number of rotatable bonds is 10. The highest BCUT2D eigenvalue weighted by atomic mass is 79.9. The smallest absolute Gasteiger partial charge is 0.320 e. The molecule has 4 aromatic rings. The molecular weight excluding hydrogens is 944 g/mol. The predicted molar refractivity (Wildman–Crippen MR) is 225 cm³/mol. The molecule has 6 rings (SSSR count). The van der Waals surface area contributed by atoms with Crippen LogP contribution < -0.4 is 15.3 Å². The minimum Gasteiger partial charge on any atom is -0.320 e. The first-order chi connectivity index (χ1) is 26.2. The number of nitrogens with zero attached hydrogens (tertiary/aromatic N) is 4. The van der Waals surface area contributed by atoms with Crippen LogP contribution in [0, 0.1) is 11.8 Å². The Hall–Kier alpha value is -3.07.